The van der Waals surface area contributed by atoms with Gasteiger partial charge in [-0.05, 0) is 55.9 Å². The topological polar surface area (TPSA) is 68.0 Å². The van der Waals surface area contributed by atoms with E-state index in [-0.39, 0.29) is 17.9 Å². The Bertz CT molecular complexity index is 718. The Hall–Kier alpha value is -1.88. The number of hydrogen-bond acceptors (Lipinski definition) is 4. The van der Waals surface area contributed by atoms with Crippen molar-refractivity contribution in [2.45, 2.75) is 32.2 Å². The van der Waals surface area contributed by atoms with Gasteiger partial charge >= 0.3 is 0 Å². The largest absolute Gasteiger partial charge is 0.346 e. The van der Waals surface area contributed by atoms with E-state index in [9.17, 15) is 4.79 Å². The van der Waals surface area contributed by atoms with Crippen molar-refractivity contribution in [1.29, 1.82) is 0 Å². The van der Waals surface area contributed by atoms with Crippen LogP contribution in [0.15, 0.2) is 28.8 Å². The molecular formula is C17H18ClN3O2. The molecule has 2 aliphatic rings. The molecule has 1 N–H and O–H groups in total. The van der Waals surface area contributed by atoms with Crippen molar-refractivity contribution in [3.8, 4) is 11.5 Å². The summed E-state index contributed by atoms with van der Waals surface area (Å²) in [6.45, 7) is 1.88. The van der Waals surface area contributed by atoms with Crippen LogP contribution in [0.5, 0.6) is 0 Å². The van der Waals surface area contributed by atoms with E-state index in [1.54, 1.807) is 12.1 Å². The molecule has 5 nitrogen and oxygen atoms in total. The summed E-state index contributed by atoms with van der Waals surface area (Å²) in [4.78, 5) is 16.7. The third-order valence-corrected chi connectivity index (χ3v) is 5.24. The Morgan fingerprint density at radius 1 is 1.30 bits per heavy atom. The monoisotopic (exact) mass is 331 g/mol. The fourth-order valence-corrected chi connectivity index (χ4v) is 3.83. The van der Waals surface area contributed by atoms with Crippen LogP contribution in [0.25, 0.3) is 11.5 Å². The first-order chi connectivity index (χ1) is 11.1. The van der Waals surface area contributed by atoms with Crippen molar-refractivity contribution in [2.75, 3.05) is 0 Å². The summed E-state index contributed by atoms with van der Waals surface area (Å²) in [7, 11) is 0. The maximum absolute atomic E-state index is 12.3. The molecule has 1 unspecified atom stereocenters. The van der Waals surface area contributed by atoms with E-state index < -0.39 is 0 Å². The summed E-state index contributed by atoms with van der Waals surface area (Å²) in [5, 5.41) is 7.66. The summed E-state index contributed by atoms with van der Waals surface area (Å²) >= 11 is 5.87. The zero-order chi connectivity index (χ0) is 16.0. The minimum absolute atomic E-state index is 0.130. The lowest BCUT2D eigenvalue weighted by atomic mass is 10.1. The fourth-order valence-electron chi connectivity index (χ4n) is 3.71. The molecular weight excluding hydrogens is 314 g/mol. The van der Waals surface area contributed by atoms with Crippen LogP contribution < -0.4 is 5.32 Å². The maximum atomic E-state index is 12.3. The zero-order valence-electron chi connectivity index (χ0n) is 12.8. The molecule has 2 saturated carbocycles. The van der Waals surface area contributed by atoms with Gasteiger partial charge in [-0.3, -0.25) is 4.79 Å². The molecule has 1 aromatic heterocycles. The predicted octanol–water partition coefficient (Wildman–Crippen LogP) is 3.61. The molecule has 1 amide bonds. The van der Waals surface area contributed by atoms with Gasteiger partial charge in [0.15, 0.2) is 5.82 Å². The zero-order valence-corrected chi connectivity index (χ0v) is 13.6. The lowest BCUT2D eigenvalue weighted by Crippen LogP contribution is -2.30. The summed E-state index contributed by atoms with van der Waals surface area (Å²) < 4.78 is 5.29. The van der Waals surface area contributed by atoms with Crippen LogP contribution in [-0.2, 0) is 4.79 Å². The summed E-state index contributed by atoms with van der Waals surface area (Å²) in [5.41, 5.74) is 0.809. The molecule has 0 aliphatic heterocycles. The number of fused-ring (bicyclic) bond motifs is 1. The molecule has 6 heteroatoms. The fraction of sp³-hybridized carbons (Fsp3) is 0.471. The highest BCUT2D eigenvalue weighted by Crippen LogP contribution is 2.57. The molecule has 0 saturated heterocycles. The van der Waals surface area contributed by atoms with Gasteiger partial charge in [-0.1, -0.05) is 23.2 Å². The minimum Gasteiger partial charge on any atom is -0.346 e. The van der Waals surface area contributed by atoms with E-state index >= 15 is 0 Å². The van der Waals surface area contributed by atoms with Crippen molar-refractivity contribution < 1.29 is 9.32 Å². The third kappa shape index (κ3) is 2.74. The number of carbonyl (C=O) groups is 1. The van der Waals surface area contributed by atoms with E-state index in [0.717, 1.165) is 5.56 Å². The van der Waals surface area contributed by atoms with Gasteiger partial charge in [-0.25, -0.2) is 0 Å². The number of benzene rings is 1. The van der Waals surface area contributed by atoms with Gasteiger partial charge in [-0.15, -0.1) is 0 Å². The second-order valence-electron chi connectivity index (χ2n) is 6.48. The number of nitrogens with zero attached hydrogens (tertiary/aromatic N) is 2. The smallest absolute Gasteiger partial charge is 0.257 e. The predicted molar refractivity (Wildman–Crippen MR) is 85.6 cm³/mol. The Kier molecular flexibility index (Phi) is 3.60. The van der Waals surface area contributed by atoms with E-state index in [1.807, 2.05) is 19.1 Å². The number of amides is 1. The number of nitrogens with one attached hydrogen (secondary N) is 1. The Morgan fingerprint density at radius 2 is 2.00 bits per heavy atom. The average Bonchev–Trinajstić information content (AvgIpc) is 2.95. The Morgan fingerprint density at radius 3 is 2.70 bits per heavy atom. The van der Waals surface area contributed by atoms with Crippen LogP contribution in [0.1, 0.15) is 38.1 Å². The first kappa shape index (κ1) is 14.7. The lowest BCUT2D eigenvalue weighted by molar-refractivity contribution is -0.123. The second kappa shape index (κ2) is 5.64. The molecule has 4 rings (SSSR count). The molecule has 0 bridgehead atoms. The second-order valence-corrected chi connectivity index (χ2v) is 6.92. The lowest BCUT2D eigenvalue weighted by Gasteiger charge is -2.10. The first-order valence-corrected chi connectivity index (χ1v) is 8.41. The van der Waals surface area contributed by atoms with E-state index in [4.69, 9.17) is 16.1 Å². The summed E-state index contributed by atoms with van der Waals surface area (Å²) in [6, 6.07) is 6.95. The highest BCUT2D eigenvalue weighted by atomic mass is 35.5. The molecule has 4 atom stereocenters. The van der Waals surface area contributed by atoms with Gasteiger partial charge in [-0.2, -0.15) is 4.98 Å². The van der Waals surface area contributed by atoms with Crippen LogP contribution in [0.4, 0.5) is 0 Å². The van der Waals surface area contributed by atoms with E-state index in [1.165, 1.54) is 19.3 Å². The van der Waals surface area contributed by atoms with Gasteiger partial charge < -0.3 is 9.84 Å². The molecule has 23 heavy (non-hydrogen) atoms. The molecule has 120 valence electrons. The average molecular weight is 332 g/mol. The normalized spacial score (nSPS) is 26.6. The van der Waals surface area contributed by atoms with Crippen molar-refractivity contribution in [3.63, 3.8) is 0 Å². The number of rotatable bonds is 4. The Balaban J connectivity index is 1.42. The van der Waals surface area contributed by atoms with Gasteiger partial charge in [0, 0.05) is 16.5 Å². The molecule has 2 fully saturated rings. The maximum Gasteiger partial charge on any atom is 0.257 e. The number of carbonyl (C=O) groups excluding carboxylic acids is 1. The third-order valence-electron chi connectivity index (χ3n) is 4.99. The van der Waals surface area contributed by atoms with Crippen molar-refractivity contribution in [2.24, 2.45) is 17.8 Å². The molecule has 0 radical (unpaired) electrons. The SMILES string of the molecule is C[C@H](NC(=O)C1[C@H]2CCC[C@@H]12)c1noc(-c2ccc(Cl)cc2)n1. The van der Waals surface area contributed by atoms with Gasteiger partial charge in [0.1, 0.15) is 0 Å². The number of aromatic nitrogens is 2. The van der Waals surface area contributed by atoms with Crippen LogP contribution in [0, 0.1) is 17.8 Å². The van der Waals surface area contributed by atoms with Crippen LogP contribution >= 0.6 is 11.6 Å². The van der Waals surface area contributed by atoms with Gasteiger partial charge in [0.05, 0.1) is 6.04 Å². The summed E-state index contributed by atoms with van der Waals surface area (Å²) in [5.74, 6) is 2.48. The molecule has 0 spiro atoms. The number of halogens is 1. The van der Waals surface area contributed by atoms with Crippen LogP contribution in [0.2, 0.25) is 5.02 Å². The van der Waals surface area contributed by atoms with Crippen molar-refractivity contribution in [3.05, 3.63) is 35.1 Å². The molecule has 1 heterocycles. The van der Waals surface area contributed by atoms with Crippen LogP contribution in [-0.4, -0.2) is 16.0 Å². The van der Waals surface area contributed by atoms with Gasteiger partial charge in [0.2, 0.25) is 5.91 Å². The number of hydrogen-bond donors (Lipinski definition) is 1. The summed E-state index contributed by atoms with van der Waals surface area (Å²) in [6.07, 6.45) is 3.66. The standard InChI is InChI=1S/C17H18ClN3O2/c1-9(19-16(22)14-12-3-2-4-13(12)14)15-20-17(23-21-15)10-5-7-11(18)8-6-10/h5-9,12-14H,2-4H2,1H3,(H,19,22)/t9-,12-,13+,14?/m0/s1. The van der Waals surface area contributed by atoms with E-state index in [2.05, 4.69) is 15.5 Å². The van der Waals surface area contributed by atoms with Crippen LogP contribution in [0.3, 0.4) is 0 Å². The first-order valence-electron chi connectivity index (χ1n) is 8.03. The van der Waals surface area contributed by atoms with Crippen molar-refractivity contribution >= 4 is 17.5 Å². The quantitative estimate of drug-likeness (QED) is 0.929. The molecule has 1 aromatic carbocycles. The highest BCUT2D eigenvalue weighted by Gasteiger charge is 2.56. The molecule has 2 aromatic rings. The minimum atomic E-state index is -0.256. The highest BCUT2D eigenvalue weighted by molar-refractivity contribution is 6.30. The molecule has 2 aliphatic carbocycles. The Labute approximate surface area is 139 Å². The van der Waals surface area contributed by atoms with Gasteiger partial charge in [0.25, 0.3) is 5.89 Å². The van der Waals surface area contributed by atoms with E-state index in [0.29, 0.717) is 28.6 Å². The van der Waals surface area contributed by atoms with Crippen molar-refractivity contribution in [1.82, 2.24) is 15.5 Å².